The number of ether oxygens (including phenoxy) is 1. The van der Waals surface area contributed by atoms with E-state index in [1.807, 2.05) is 0 Å². The Labute approximate surface area is 109 Å². The van der Waals surface area contributed by atoms with E-state index in [9.17, 15) is 4.79 Å². The molecule has 92 valence electrons. The van der Waals surface area contributed by atoms with Crippen LogP contribution in [0.3, 0.4) is 0 Å². The third-order valence-corrected chi connectivity index (χ3v) is 3.40. The van der Waals surface area contributed by atoms with Gasteiger partial charge in [-0.2, -0.15) is 0 Å². The molecule has 1 fully saturated rings. The van der Waals surface area contributed by atoms with Gasteiger partial charge in [0.05, 0.1) is 6.10 Å². The van der Waals surface area contributed by atoms with Crippen LogP contribution in [0.5, 0.6) is 0 Å². The number of nitrogens with two attached hydrogens (primary N) is 1. The number of anilines is 1. The molecule has 0 atom stereocenters. The number of benzene rings is 1. The van der Waals surface area contributed by atoms with Crippen molar-refractivity contribution in [1.82, 2.24) is 5.32 Å². The Morgan fingerprint density at radius 3 is 2.76 bits per heavy atom. The molecule has 0 spiro atoms. The van der Waals surface area contributed by atoms with E-state index >= 15 is 0 Å². The molecule has 0 aliphatic heterocycles. The first kappa shape index (κ1) is 12.4. The van der Waals surface area contributed by atoms with Crippen molar-refractivity contribution in [1.29, 1.82) is 0 Å². The first-order valence-electron chi connectivity index (χ1n) is 5.48. The summed E-state index contributed by atoms with van der Waals surface area (Å²) >= 11 is 3.32. The summed E-state index contributed by atoms with van der Waals surface area (Å²) in [4.78, 5) is 11.9. The van der Waals surface area contributed by atoms with Gasteiger partial charge in [0.2, 0.25) is 0 Å². The number of amides is 1. The number of carbonyl (C=O) groups is 1. The van der Waals surface area contributed by atoms with Gasteiger partial charge in [-0.05, 0) is 31.0 Å². The van der Waals surface area contributed by atoms with Gasteiger partial charge in [0.1, 0.15) is 0 Å². The Kier molecular flexibility index (Phi) is 3.69. The molecule has 1 aromatic carbocycles. The number of nitrogens with one attached hydrogen (secondary N) is 1. The monoisotopic (exact) mass is 298 g/mol. The van der Waals surface area contributed by atoms with Crippen LogP contribution in [0.1, 0.15) is 23.2 Å². The summed E-state index contributed by atoms with van der Waals surface area (Å²) in [5, 5.41) is 2.96. The zero-order valence-corrected chi connectivity index (χ0v) is 11.2. The van der Waals surface area contributed by atoms with Crippen LogP contribution in [0.4, 0.5) is 5.69 Å². The predicted octanol–water partition coefficient (Wildman–Crippen LogP) is 1.94. The van der Waals surface area contributed by atoms with E-state index in [4.69, 9.17) is 10.5 Å². The van der Waals surface area contributed by atoms with E-state index in [-0.39, 0.29) is 18.1 Å². The molecule has 0 saturated heterocycles. The molecule has 1 aromatic rings. The number of rotatable bonds is 3. The summed E-state index contributed by atoms with van der Waals surface area (Å²) in [7, 11) is 1.69. The van der Waals surface area contributed by atoms with Gasteiger partial charge in [0.15, 0.2) is 0 Å². The van der Waals surface area contributed by atoms with Crippen molar-refractivity contribution in [2.75, 3.05) is 12.8 Å². The lowest BCUT2D eigenvalue weighted by atomic mass is 9.89. The smallest absolute Gasteiger partial charge is 0.251 e. The Hall–Kier alpha value is -1.07. The van der Waals surface area contributed by atoms with Crippen LogP contribution in [-0.2, 0) is 4.74 Å². The summed E-state index contributed by atoms with van der Waals surface area (Å²) in [6.07, 6.45) is 2.05. The quantitative estimate of drug-likeness (QED) is 0.838. The van der Waals surface area contributed by atoms with Crippen molar-refractivity contribution in [3.63, 3.8) is 0 Å². The number of nitrogen functional groups attached to an aromatic ring is 1. The molecule has 2 rings (SSSR count). The van der Waals surface area contributed by atoms with E-state index in [2.05, 4.69) is 21.2 Å². The lowest BCUT2D eigenvalue weighted by molar-refractivity contribution is 0.0176. The molecule has 0 unspecified atom stereocenters. The molecule has 1 aliphatic carbocycles. The average molecular weight is 299 g/mol. The van der Waals surface area contributed by atoms with E-state index in [0.717, 1.165) is 17.3 Å². The van der Waals surface area contributed by atoms with Gasteiger partial charge in [-0.15, -0.1) is 0 Å². The second-order valence-electron chi connectivity index (χ2n) is 4.27. The fourth-order valence-electron chi connectivity index (χ4n) is 1.89. The van der Waals surface area contributed by atoms with Crippen molar-refractivity contribution < 1.29 is 9.53 Å². The minimum atomic E-state index is -0.0856. The minimum absolute atomic E-state index is 0.0856. The Balaban J connectivity index is 1.96. The van der Waals surface area contributed by atoms with Gasteiger partial charge >= 0.3 is 0 Å². The molecular weight excluding hydrogens is 284 g/mol. The van der Waals surface area contributed by atoms with Gasteiger partial charge in [-0.1, -0.05) is 15.9 Å². The summed E-state index contributed by atoms with van der Waals surface area (Å²) in [5.74, 6) is -0.0856. The van der Waals surface area contributed by atoms with Crippen LogP contribution >= 0.6 is 15.9 Å². The molecule has 17 heavy (non-hydrogen) atoms. The number of hydrogen-bond donors (Lipinski definition) is 2. The van der Waals surface area contributed by atoms with E-state index < -0.39 is 0 Å². The second-order valence-corrected chi connectivity index (χ2v) is 5.19. The maximum atomic E-state index is 11.9. The van der Waals surface area contributed by atoms with Crippen molar-refractivity contribution in [2.24, 2.45) is 0 Å². The molecule has 0 radical (unpaired) electrons. The Bertz CT molecular complexity index is 410. The fourth-order valence-corrected chi connectivity index (χ4v) is 2.40. The molecule has 0 bridgehead atoms. The first-order valence-corrected chi connectivity index (χ1v) is 6.27. The number of halogens is 1. The van der Waals surface area contributed by atoms with Gasteiger partial charge in [-0.3, -0.25) is 4.79 Å². The SMILES string of the molecule is COC1CC(NC(=O)c2cc(N)cc(Br)c2)C1. The maximum absolute atomic E-state index is 11.9. The van der Waals surface area contributed by atoms with Gasteiger partial charge < -0.3 is 15.8 Å². The molecule has 0 heterocycles. The van der Waals surface area contributed by atoms with Crippen LogP contribution in [0.25, 0.3) is 0 Å². The second kappa shape index (κ2) is 5.06. The average Bonchev–Trinajstić information content (AvgIpc) is 2.21. The topological polar surface area (TPSA) is 64.3 Å². The highest BCUT2D eigenvalue weighted by Crippen LogP contribution is 2.23. The molecule has 1 saturated carbocycles. The first-order chi connectivity index (χ1) is 8.08. The standard InChI is InChI=1S/C12H15BrN2O2/c1-17-11-5-10(6-11)15-12(16)7-2-8(13)4-9(14)3-7/h2-4,10-11H,5-6,14H2,1H3,(H,15,16). The van der Waals surface area contributed by atoms with Gasteiger partial charge in [0.25, 0.3) is 5.91 Å². The van der Waals surface area contributed by atoms with Crippen molar-refractivity contribution in [3.05, 3.63) is 28.2 Å². The summed E-state index contributed by atoms with van der Waals surface area (Å²) in [6, 6.07) is 5.42. The van der Waals surface area contributed by atoms with E-state index in [1.165, 1.54) is 0 Å². The van der Waals surface area contributed by atoms with Gasteiger partial charge in [-0.25, -0.2) is 0 Å². The van der Waals surface area contributed by atoms with Crippen LogP contribution < -0.4 is 11.1 Å². The van der Waals surface area contributed by atoms with Crippen molar-refractivity contribution >= 4 is 27.5 Å². The third-order valence-electron chi connectivity index (χ3n) is 2.95. The van der Waals surface area contributed by atoms with Crippen LogP contribution in [0.2, 0.25) is 0 Å². The highest BCUT2D eigenvalue weighted by atomic mass is 79.9. The molecule has 0 aromatic heterocycles. The molecule has 3 N–H and O–H groups in total. The summed E-state index contributed by atoms with van der Waals surface area (Å²) in [5.41, 5.74) is 6.85. The number of hydrogen-bond acceptors (Lipinski definition) is 3. The maximum Gasteiger partial charge on any atom is 0.251 e. The number of carbonyl (C=O) groups excluding carboxylic acids is 1. The van der Waals surface area contributed by atoms with E-state index in [1.54, 1.807) is 25.3 Å². The Morgan fingerprint density at radius 1 is 1.47 bits per heavy atom. The fraction of sp³-hybridized carbons (Fsp3) is 0.417. The molecule has 4 nitrogen and oxygen atoms in total. The normalized spacial score (nSPS) is 22.9. The number of methoxy groups -OCH3 is 1. The predicted molar refractivity (Wildman–Crippen MR) is 69.8 cm³/mol. The van der Waals surface area contributed by atoms with Crippen LogP contribution in [-0.4, -0.2) is 25.2 Å². The highest BCUT2D eigenvalue weighted by Gasteiger charge is 2.30. The molecule has 1 aliphatic rings. The van der Waals surface area contributed by atoms with Crippen LogP contribution in [0, 0.1) is 0 Å². The summed E-state index contributed by atoms with van der Waals surface area (Å²) in [6.45, 7) is 0. The Morgan fingerprint density at radius 2 is 2.18 bits per heavy atom. The third kappa shape index (κ3) is 2.98. The highest BCUT2D eigenvalue weighted by molar-refractivity contribution is 9.10. The lowest BCUT2D eigenvalue weighted by Gasteiger charge is -2.34. The zero-order chi connectivity index (χ0) is 12.4. The van der Waals surface area contributed by atoms with Crippen molar-refractivity contribution in [2.45, 2.75) is 25.0 Å². The molecule has 1 amide bonds. The van der Waals surface area contributed by atoms with Crippen LogP contribution in [0.15, 0.2) is 22.7 Å². The van der Waals surface area contributed by atoms with E-state index in [0.29, 0.717) is 11.3 Å². The van der Waals surface area contributed by atoms with Crippen molar-refractivity contribution in [3.8, 4) is 0 Å². The minimum Gasteiger partial charge on any atom is -0.399 e. The molecule has 5 heteroatoms. The molecular formula is C12H15BrN2O2. The van der Waals surface area contributed by atoms with Gasteiger partial charge in [0, 0.05) is 28.9 Å². The summed E-state index contributed by atoms with van der Waals surface area (Å²) < 4.78 is 5.97. The zero-order valence-electron chi connectivity index (χ0n) is 9.57. The lowest BCUT2D eigenvalue weighted by Crippen LogP contribution is -2.47. The largest absolute Gasteiger partial charge is 0.399 e.